The number of hydrogen-bond acceptors (Lipinski definition) is 1. The van der Waals surface area contributed by atoms with Crippen LogP contribution in [0.15, 0.2) is 42.5 Å². The van der Waals surface area contributed by atoms with Gasteiger partial charge >= 0.3 is 0 Å². The van der Waals surface area contributed by atoms with Gasteiger partial charge in [-0.2, -0.15) is 0 Å². The van der Waals surface area contributed by atoms with Crippen molar-refractivity contribution < 1.29 is 0 Å². The molecular weight excluding hydrogens is 206 g/mol. The molecule has 2 aromatic carbocycles. The van der Waals surface area contributed by atoms with Crippen LogP contribution in [-0.2, 0) is 6.54 Å². The van der Waals surface area contributed by atoms with Crippen molar-refractivity contribution in [3.8, 4) is 0 Å². The molecule has 0 amide bonds. The maximum atomic E-state index is 3.54. The van der Waals surface area contributed by atoms with Crippen LogP contribution < -0.4 is 5.32 Å². The second-order valence-electron chi connectivity index (χ2n) is 4.42. The molecule has 1 aliphatic heterocycles. The molecule has 0 unspecified atom stereocenters. The second-order valence-corrected chi connectivity index (χ2v) is 4.42. The molecule has 0 aliphatic carbocycles. The largest absolute Gasteiger partial charge is 0.380 e. The van der Waals surface area contributed by atoms with E-state index in [9.17, 15) is 0 Å². The van der Waals surface area contributed by atoms with E-state index in [4.69, 9.17) is 0 Å². The normalized spacial score (nSPS) is 14.9. The fourth-order valence-corrected chi connectivity index (χ4v) is 2.29. The molecule has 1 N–H and O–H groups in total. The summed E-state index contributed by atoms with van der Waals surface area (Å²) >= 11 is 0. The molecule has 0 saturated heterocycles. The van der Waals surface area contributed by atoms with Gasteiger partial charge in [0.05, 0.1) is 0 Å². The predicted molar refractivity (Wildman–Crippen MR) is 73.9 cm³/mol. The van der Waals surface area contributed by atoms with Gasteiger partial charge in [0, 0.05) is 12.2 Å². The second kappa shape index (κ2) is 4.10. The quantitative estimate of drug-likeness (QED) is 0.706. The van der Waals surface area contributed by atoms with Crippen LogP contribution in [0.25, 0.3) is 12.2 Å². The summed E-state index contributed by atoms with van der Waals surface area (Å²) in [7, 11) is 0. The lowest BCUT2D eigenvalue weighted by molar-refractivity contribution is 1.13. The molecule has 0 saturated carbocycles. The van der Waals surface area contributed by atoms with Gasteiger partial charge in [-0.1, -0.05) is 54.6 Å². The summed E-state index contributed by atoms with van der Waals surface area (Å²) in [6.07, 6.45) is 4.39. The molecule has 1 heteroatoms. The molecule has 1 nitrogen and oxygen atoms in total. The summed E-state index contributed by atoms with van der Waals surface area (Å²) in [5.74, 6) is 0. The van der Waals surface area contributed by atoms with Crippen LogP contribution in [0.2, 0.25) is 0 Å². The molecule has 0 atom stereocenters. The Balaban J connectivity index is 2.13. The maximum absolute atomic E-state index is 3.54. The van der Waals surface area contributed by atoms with Gasteiger partial charge < -0.3 is 5.32 Å². The van der Waals surface area contributed by atoms with E-state index in [0.29, 0.717) is 0 Å². The highest BCUT2D eigenvalue weighted by Crippen LogP contribution is 2.26. The molecule has 0 bridgehead atoms. The number of aryl methyl sites for hydroxylation is 1. The van der Waals surface area contributed by atoms with E-state index >= 15 is 0 Å². The number of anilines is 1. The van der Waals surface area contributed by atoms with Crippen molar-refractivity contribution in [2.45, 2.75) is 13.5 Å². The summed E-state index contributed by atoms with van der Waals surface area (Å²) in [4.78, 5) is 0. The minimum Gasteiger partial charge on any atom is -0.380 e. The number of nitrogens with one attached hydrogen (secondary N) is 1. The summed E-state index contributed by atoms with van der Waals surface area (Å²) in [5, 5.41) is 3.54. The third-order valence-electron chi connectivity index (χ3n) is 3.26. The fraction of sp³-hybridized carbons (Fsp3) is 0.125. The highest BCUT2D eigenvalue weighted by atomic mass is 14.9. The van der Waals surface area contributed by atoms with E-state index in [1.54, 1.807) is 0 Å². The molecule has 2 aromatic rings. The lowest BCUT2D eigenvalue weighted by Crippen LogP contribution is -2.05. The number of para-hydroxylation sites is 1. The van der Waals surface area contributed by atoms with Gasteiger partial charge in [0.1, 0.15) is 0 Å². The third kappa shape index (κ3) is 1.84. The number of rotatable bonds is 0. The van der Waals surface area contributed by atoms with Gasteiger partial charge in [0.15, 0.2) is 0 Å². The monoisotopic (exact) mass is 221 g/mol. The van der Waals surface area contributed by atoms with Crippen molar-refractivity contribution in [1.82, 2.24) is 0 Å². The van der Waals surface area contributed by atoms with Crippen LogP contribution >= 0.6 is 0 Å². The Morgan fingerprint density at radius 1 is 0.882 bits per heavy atom. The van der Waals surface area contributed by atoms with E-state index in [1.165, 1.54) is 27.9 Å². The third-order valence-corrected chi connectivity index (χ3v) is 3.26. The molecule has 0 spiro atoms. The van der Waals surface area contributed by atoms with E-state index in [1.807, 2.05) is 0 Å². The first kappa shape index (κ1) is 10.2. The van der Waals surface area contributed by atoms with E-state index < -0.39 is 0 Å². The van der Waals surface area contributed by atoms with Crippen molar-refractivity contribution in [1.29, 1.82) is 0 Å². The Morgan fingerprint density at radius 3 is 2.59 bits per heavy atom. The zero-order valence-electron chi connectivity index (χ0n) is 9.90. The zero-order valence-corrected chi connectivity index (χ0v) is 9.90. The highest BCUT2D eigenvalue weighted by Gasteiger charge is 2.07. The van der Waals surface area contributed by atoms with Gasteiger partial charge in [-0.3, -0.25) is 0 Å². The average Bonchev–Trinajstić information content (AvgIpc) is 2.33. The Hall–Kier alpha value is -2.02. The van der Waals surface area contributed by atoms with Crippen molar-refractivity contribution in [2.75, 3.05) is 5.32 Å². The highest BCUT2D eigenvalue weighted by molar-refractivity contribution is 5.80. The number of benzene rings is 2. The summed E-state index contributed by atoms with van der Waals surface area (Å²) in [5.41, 5.74) is 6.45. The van der Waals surface area contributed by atoms with Crippen molar-refractivity contribution in [3.63, 3.8) is 0 Å². The predicted octanol–water partition coefficient (Wildman–Crippen LogP) is 4.09. The molecule has 0 aromatic heterocycles. The van der Waals surface area contributed by atoms with E-state index in [2.05, 4.69) is 66.9 Å². The van der Waals surface area contributed by atoms with Crippen LogP contribution in [0.5, 0.6) is 0 Å². The van der Waals surface area contributed by atoms with Crippen LogP contribution in [-0.4, -0.2) is 0 Å². The van der Waals surface area contributed by atoms with Crippen LogP contribution in [0.1, 0.15) is 22.3 Å². The fourth-order valence-electron chi connectivity index (χ4n) is 2.29. The van der Waals surface area contributed by atoms with Gasteiger partial charge in [0.25, 0.3) is 0 Å². The van der Waals surface area contributed by atoms with Crippen molar-refractivity contribution in [2.24, 2.45) is 0 Å². The van der Waals surface area contributed by atoms with Gasteiger partial charge in [0.2, 0.25) is 0 Å². The summed E-state index contributed by atoms with van der Waals surface area (Å²) in [6.45, 7) is 3.03. The van der Waals surface area contributed by atoms with E-state index in [0.717, 1.165) is 6.54 Å². The first-order valence-electron chi connectivity index (χ1n) is 5.94. The number of hydrogen-bond donors (Lipinski definition) is 1. The minimum atomic E-state index is 0.887. The molecule has 0 radical (unpaired) electrons. The van der Waals surface area contributed by atoms with Crippen LogP contribution in [0.3, 0.4) is 0 Å². The first-order chi connectivity index (χ1) is 8.34. The molecule has 17 heavy (non-hydrogen) atoms. The zero-order chi connectivity index (χ0) is 11.7. The smallest absolute Gasteiger partial charge is 0.0446 e. The van der Waals surface area contributed by atoms with Crippen molar-refractivity contribution in [3.05, 3.63) is 64.7 Å². The molecule has 0 fully saturated rings. The Morgan fingerprint density at radius 2 is 1.65 bits per heavy atom. The molecular formula is C16H15N. The number of fused-ring (bicyclic) bond motifs is 2. The minimum absolute atomic E-state index is 0.887. The van der Waals surface area contributed by atoms with E-state index in [-0.39, 0.29) is 0 Å². The van der Waals surface area contributed by atoms with Gasteiger partial charge in [-0.25, -0.2) is 0 Å². The lowest BCUT2D eigenvalue weighted by atomic mass is 10.0. The SMILES string of the molecule is Cc1cccc2c1NCc1ccccc1/C=C\2. The van der Waals surface area contributed by atoms with Gasteiger partial charge in [-0.15, -0.1) is 0 Å². The lowest BCUT2D eigenvalue weighted by Gasteiger charge is -2.16. The maximum Gasteiger partial charge on any atom is 0.0446 e. The topological polar surface area (TPSA) is 12.0 Å². The van der Waals surface area contributed by atoms with Crippen LogP contribution in [0.4, 0.5) is 5.69 Å². The average molecular weight is 221 g/mol. The molecule has 1 heterocycles. The Labute approximate surface area is 102 Å². The molecule has 84 valence electrons. The molecule has 3 rings (SSSR count). The van der Waals surface area contributed by atoms with Gasteiger partial charge in [-0.05, 0) is 29.2 Å². The summed E-state index contributed by atoms with van der Waals surface area (Å²) < 4.78 is 0. The Bertz CT molecular complexity index is 582. The standard InChI is InChI=1S/C16H15N/c1-12-5-4-8-14-10-9-13-6-2-3-7-15(13)11-17-16(12)14/h2-10,17H,11H2,1H3/b10-9-. The first-order valence-corrected chi connectivity index (χ1v) is 5.94. The summed E-state index contributed by atoms with van der Waals surface area (Å²) in [6, 6.07) is 14.9. The Kier molecular flexibility index (Phi) is 2.45. The van der Waals surface area contributed by atoms with Crippen LogP contribution in [0, 0.1) is 6.92 Å². The van der Waals surface area contributed by atoms with Crippen molar-refractivity contribution >= 4 is 17.8 Å². The molecule has 1 aliphatic rings.